The lowest BCUT2D eigenvalue weighted by Gasteiger charge is -2.16. The highest BCUT2D eigenvalue weighted by atomic mass is 16.3. The molecule has 2 rings (SSSR count). The Hall–Kier alpha value is -0.930. The number of aliphatic hydroxyl groups excluding tert-OH is 1. The van der Waals surface area contributed by atoms with Gasteiger partial charge in [-0.1, -0.05) is 0 Å². The first-order valence-electron chi connectivity index (χ1n) is 3.96. The Morgan fingerprint density at radius 1 is 1.67 bits per heavy atom. The van der Waals surface area contributed by atoms with Gasteiger partial charge in [0.2, 0.25) is 0 Å². The maximum Gasteiger partial charge on any atom is 0.0915 e. The number of aromatic nitrogens is 1. The molecule has 12 heavy (non-hydrogen) atoms. The van der Waals surface area contributed by atoms with E-state index < -0.39 is 11.7 Å². The zero-order valence-electron chi connectivity index (χ0n) is 6.86. The maximum atomic E-state index is 9.82. The molecule has 2 N–H and O–H groups in total. The van der Waals surface area contributed by atoms with Gasteiger partial charge < -0.3 is 10.2 Å². The van der Waals surface area contributed by atoms with Gasteiger partial charge in [0.15, 0.2) is 0 Å². The average molecular weight is 165 g/mol. The summed E-state index contributed by atoms with van der Waals surface area (Å²) in [4.78, 5) is 3.92. The topological polar surface area (TPSA) is 53.4 Å². The van der Waals surface area contributed by atoms with Crippen molar-refractivity contribution in [3.8, 4) is 0 Å². The van der Waals surface area contributed by atoms with Gasteiger partial charge in [-0.2, -0.15) is 0 Å². The summed E-state index contributed by atoms with van der Waals surface area (Å²) in [6.45, 7) is 1.70. The average Bonchev–Trinajstić information content (AvgIpc) is 2.25. The van der Waals surface area contributed by atoms with Gasteiger partial charge >= 0.3 is 0 Å². The van der Waals surface area contributed by atoms with Gasteiger partial charge in [-0.15, -0.1) is 0 Å². The van der Waals surface area contributed by atoms with Crippen LogP contribution in [0.1, 0.15) is 30.6 Å². The van der Waals surface area contributed by atoms with Crippen molar-refractivity contribution >= 4 is 0 Å². The van der Waals surface area contributed by atoms with E-state index in [0.29, 0.717) is 6.42 Å². The van der Waals surface area contributed by atoms with Crippen LogP contribution in [0.3, 0.4) is 0 Å². The van der Waals surface area contributed by atoms with Crippen molar-refractivity contribution < 1.29 is 10.2 Å². The summed E-state index contributed by atoms with van der Waals surface area (Å²) in [5, 5.41) is 19.3. The zero-order valence-corrected chi connectivity index (χ0v) is 6.86. The largest absolute Gasteiger partial charge is 0.388 e. The Labute approximate surface area is 70.7 Å². The second kappa shape index (κ2) is 2.28. The fourth-order valence-corrected chi connectivity index (χ4v) is 1.74. The van der Waals surface area contributed by atoms with Crippen molar-refractivity contribution in [3.63, 3.8) is 0 Å². The summed E-state index contributed by atoms with van der Waals surface area (Å²) >= 11 is 0. The normalized spacial score (nSPS) is 33.4. The Balaban J connectivity index is 2.58. The van der Waals surface area contributed by atoms with Crippen LogP contribution in [0.4, 0.5) is 0 Å². The molecule has 3 heteroatoms. The Bertz CT molecular complexity index is 309. The minimum atomic E-state index is -0.914. The van der Waals surface area contributed by atoms with Crippen LogP contribution in [-0.4, -0.2) is 15.2 Å². The van der Waals surface area contributed by atoms with E-state index in [1.165, 1.54) is 0 Å². The lowest BCUT2D eigenvalue weighted by Crippen LogP contribution is -2.16. The molecule has 0 fully saturated rings. The molecule has 0 radical (unpaired) electrons. The first kappa shape index (κ1) is 7.71. The van der Waals surface area contributed by atoms with Gasteiger partial charge in [-0.25, -0.2) is 0 Å². The second-order valence-electron chi connectivity index (χ2n) is 3.46. The molecular weight excluding hydrogens is 154 g/mol. The van der Waals surface area contributed by atoms with Gasteiger partial charge in [-0.3, -0.25) is 4.98 Å². The third kappa shape index (κ3) is 0.940. The smallest absolute Gasteiger partial charge is 0.0915 e. The van der Waals surface area contributed by atoms with Crippen LogP contribution in [0.15, 0.2) is 18.5 Å². The molecule has 0 saturated heterocycles. The summed E-state index contributed by atoms with van der Waals surface area (Å²) in [5.41, 5.74) is 0.635. The Morgan fingerprint density at radius 3 is 3.08 bits per heavy atom. The van der Waals surface area contributed by atoms with Crippen molar-refractivity contribution in [1.82, 2.24) is 4.98 Å². The predicted octanol–water partition coefficient (Wildman–Crippen LogP) is 0.726. The molecule has 2 atom stereocenters. The highest BCUT2D eigenvalue weighted by Crippen LogP contribution is 2.41. The van der Waals surface area contributed by atoms with Crippen LogP contribution in [0, 0.1) is 0 Å². The van der Waals surface area contributed by atoms with Crippen molar-refractivity contribution in [2.75, 3.05) is 0 Å². The Kier molecular flexibility index (Phi) is 1.46. The molecule has 0 saturated carbocycles. The quantitative estimate of drug-likeness (QED) is 0.595. The molecular formula is C9H11NO2. The van der Waals surface area contributed by atoms with E-state index >= 15 is 0 Å². The molecule has 0 bridgehead atoms. The number of pyridine rings is 1. The third-order valence-electron chi connectivity index (χ3n) is 2.38. The lowest BCUT2D eigenvalue weighted by atomic mass is 10.0. The van der Waals surface area contributed by atoms with Gasteiger partial charge in [0, 0.05) is 24.4 Å². The summed E-state index contributed by atoms with van der Waals surface area (Å²) in [5.74, 6) is 0. The molecule has 0 amide bonds. The second-order valence-corrected chi connectivity index (χ2v) is 3.46. The van der Waals surface area contributed by atoms with Gasteiger partial charge in [0.1, 0.15) is 0 Å². The lowest BCUT2D eigenvalue weighted by molar-refractivity contribution is 0.0227. The summed E-state index contributed by atoms with van der Waals surface area (Å²) in [7, 11) is 0. The monoisotopic (exact) mass is 165 g/mol. The van der Waals surface area contributed by atoms with Gasteiger partial charge in [-0.05, 0) is 18.6 Å². The van der Waals surface area contributed by atoms with Crippen molar-refractivity contribution in [3.05, 3.63) is 29.6 Å². The molecule has 0 aromatic carbocycles. The molecule has 1 aliphatic carbocycles. The van der Waals surface area contributed by atoms with Crippen molar-refractivity contribution in [2.45, 2.75) is 25.0 Å². The summed E-state index contributed by atoms with van der Waals surface area (Å²) in [6, 6.07) is 1.75. The van der Waals surface area contributed by atoms with Crippen molar-refractivity contribution in [1.29, 1.82) is 0 Å². The highest BCUT2D eigenvalue weighted by molar-refractivity contribution is 5.35. The van der Waals surface area contributed by atoms with Gasteiger partial charge in [0.25, 0.3) is 0 Å². The first-order chi connectivity index (χ1) is 5.61. The standard InChI is InChI=1S/C9H11NO2/c1-9(12)4-8(11)6-2-3-10-5-7(6)9/h2-3,5,8,11-12H,4H2,1H3. The third-order valence-corrected chi connectivity index (χ3v) is 2.38. The number of aliphatic hydroxyl groups is 2. The number of hydrogen-bond acceptors (Lipinski definition) is 3. The molecule has 1 heterocycles. The fraction of sp³-hybridized carbons (Fsp3) is 0.444. The summed E-state index contributed by atoms with van der Waals surface area (Å²) < 4.78 is 0. The molecule has 1 aromatic heterocycles. The fourth-order valence-electron chi connectivity index (χ4n) is 1.74. The van der Waals surface area contributed by atoms with E-state index in [1.807, 2.05) is 0 Å². The van der Waals surface area contributed by atoms with E-state index in [-0.39, 0.29) is 0 Å². The van der Waals surface area contributed by atoms with E-state index in [9.17, 15) is 10.2 Å². The molecule has 0 spiro atoms. The number of fused-ring (bicyclic) bond motifs is 1. The van der Waals surface area contributed by atoms with E-state index in [0.717, 1.165) is 11.1 Å². The molecule has 64 valence electrons. The predicted molar refractivity (Wildman–Crippen MR) is 43.4 cm³/mol. The SMILES string of the molecule is CC1(O)CC(O)c2ccncc21. The Morgan fingerprint density at radius 2 is 2.42 bits per heavy atom. The van der Waals surface area contributed by atoms with E-state index in [2.05, 4.69) is 4.98 Å². The maximum absolute atomic E-state index is 9.82. The van der Waals surface area contributed by atoms with E-state index in [1.54, 1.807) is 25.4 Å². The summed E-state index contributed by atoms with van der Waals surface area (Å²) in [6.07, 6.45) is 3.07. The van der Waals surface area contributed by atoms with E-state index in [4.69, 9.17) is 0 Å². The number of rotatable bonds is 0. The first-order valence-corrected chi connectivity index (χ1v) is 3.96. The van der Waals surface area contributed by atoms with Crippen molar-refractivity contribution in [2.24, 2.45) is 0 Å². The molecule has 1 aliphatic rings. The van der Waals surface area contributed by atoms with Crippen LogP contribution < -0.4 is 0 Å². The number of nitrogens with zero attached hydrogens (tertiary/aromatic N) is 1. The van der Waals surface area contributed by atoms with Crippen LogP contribution in [0.25, 0.3) is 0 Å². The minimum absolute atomic E-state index is 0.369. The number of hydrogen-bond donors (Lipinski definition) is 2. The molecule has 1 aromatic rings. The zero-order chi connectivity index (χ0) is 8.77. The highest BCUT2D eigenvalue weighted by Gasteiger charge is 2.37. The molecule has 2 unspecified atom stereocenters. The van der Waals surface area contributed by atoms with Crippen LogP contribution in [-0.2, 0) is 5.60 Å². The van der Waals surface area contributed by atoms with Crippen LogP contribution in [0.5, 0.6) is 0 Å². The minimum Gasteiger partial charge on any atom is -0.388 e. The van der Waals surface area contributed by atoms with Crippen LogP contribution >= 0.6 is 0 Å². The van der Waals surface area contributed by atoms with Crippen LogP contribution in [0.2, 0.25) is 0 Å². The molecule has 0 aliphatic heterocycles. The van der Waals surface area contributed by atoms with Gasteiger partial charge in [0.05, 0.1) is 11.7 Å². The molecule has 3 nitrogen and oxygen atoms in total.